The number of nitrogens with one attached hydrogen (secondary N) is 1. The van der Waals surface area contributed by atoms with Crippen molar-refractivity contribution < 1.29 is 0 Å². The first-order valence-electron chi connectivity index (χ1n) is 7.60. The Hall–Kier alpha value is -1.13. The summed E-state index contributed by atoms with van der Waals surface area (Å²) in [5.74, 6) is 0. The first kappa shape index (κ1) is 16.2. The van der Waals surface area contributed by atoms with E-state index >= 15 is 0 Å². The Kier molecular flexibility index (Phi) is 6.00. The minimum atomic E-state index is 0.828. The Morgan fingerprint density at radius 3 is 2.76 bits per heavy atom. The number of aryl methyl sites for hydroxylation is 1. The second-order valence-corrected chi connectivity index (χ2v) is 6.35. The van der Waals surface area contributed by atoms with Gasteiger partial charge in [0.25, 0.3) is 0 Å². The highest BCUT2D eigenvalue weighted by molar-refractivity contribution is 9.10. The van der Waals surface area contributed by atoms with Gasteiger partial charge in [-0.3, -0.25) is 4.68 Å². The molecular formula is C17H24BrN3. The third-order valence-corrected chi connectivity index (χ3v) is 4.22. The minimum absolute atomic E-state index is 0.828. The molecule has 1 heterocycles. The molecule has 4 heteroatoms. The van der Waals surface area contributed by atoms with Gasteiger partial charge in [0, 0.05) is 10.2 Å². The van der Waals surface area contributed by atoms with Gasteiger partial charge in [-0.15, -0.1) is 0 Å². The van der Waals surface area contributed by atoms with Crippen LogP contribution in [0.25, 0.3) is 0 Å². The number of aromatic nitrogens is 2. The van der Waals surface area contributed by atoms with Crippen molar-refractivity contribution in [2.75, 3.05) is 13.1 Å². The van der Waals surface area contributed by atoms with Crippen LogP contribution >= 0.6 is 15.9 Å². The smallest absolute Gasteiger partial charge is 0.0663 e. The number of halogens is 1. The maximum atomic E-state index is 4.71. The number of hydrogen-bond acceptors (Lipinski definition) is 2. The Bertz CT molecular complexity index is 590. The number of nitrogens with zero attached hydrogens (tertiary/aromatic N) is 2. The molecule has 21 heavy (non-hydrogen) atoms. The summed E-state index contributed by atoms with van der Waals surface area (Å²) in [6.45, 7) is 9.42. The van der Waals surface area contributed by atoms with Crippen LogP contribution < -0.4 is 5.32 Å². The zero-order chi connectivity index (χ0) is 15.2. The van der Waals surface area contributed by atoms with Crippen molar-refractivity contribution >= 4 is 15.9 Å². The minimum Gasteiger partial charge on any atom is -0.316 e. The largest absolute Gasteiger partial charge is 0.316 e. The fourth-order valence-corrected chi connectivity index (χ4v) is 3.02. The molecule has 2 aromatic rings. The monoisotopic (exact) mass is 349 g/mol. The highest BCUT2D eigenvalue weighted by Crippen LogP contribution is 2.17. The van der Waals surface area contributed by atoms with Crippen LogP contribution in [0.15, 0.2) is 28.7 Å². The highest BCUT2D eigenvalue weighted by atomic mass is 79.9. The maximum absolute atomic E-state index is 4.71. The molecule has 3 nitrogen and oxygen atoms in total. The molecule has 0 saturated carbocycles. The maximum Gasteiger partial charge on any atom is 0.0663 e. The lowest BCUT2D eigenvalue weighted by molar-refractivity contribution is 0.653. The first-order valence-corrected chi connectivity index (χ1v) is 8.39. The van der Waals surface area contributed by atoms with Gasteiger partial charge in [0.15, 0.2) is 0 Å². The fraction of sp³-hybridized carbons (Fsp3) is 0.471. The number of rotatable bonds is 7. The van der Waals surface area contributed by atoms with Gasteiger partial charge in [-0.25, -0.2) is 0 Å². The van der Waals surface area contributed by atoms with Crippen LogP contribution in [0.3, 0.4) is 0 Å². The van der Waals surface area contributed by atoms with E-state index in [2.05, 4.69) is 71.0 Å². The summed E-state index contributed by atoms with van der Waals surface area (Å²) in [6.07, 6.45) is 2.23. The Morgan fingerprint density at radius 1 is 1.24 bits per heavy atom. The van der Waals surface area contributed by atoms with Gasteiger partial charge in [-0.2, -0.15) is 5.10 Å². The van der Waals surface area contributed by atoms with E-state index in [1.807, 2.05) is 0 Å². The van der Waals surface area contributed by atoms with Gasteiger partial charge in [-0.05, 0) is 63.0 Å². The van der Waals surface area contributed by atoms with Crippen molar-refractivity contribution in [1.82, 2.24) is 15.1 Å². The van der Waals surface area contributed by atoms with Gasteiger partial charge in [0.1, 0.15) is 0 Å². The third-order valence-electron chi connectivity index (χ3n) is 3.73. The zero-order valence-electron chi connectivity index (χ0n) is 13.1. The molecule has 1 aromatic carbocycles. The third kappa shape index (κ3) is 4.42. The molecule has 2 rings (SSSR count). The lowest BCUT2D eigenvalue weighted by atomic mass is 10.1. The van der Waals surface area contributed by atoms with Gasteiger partial charge in [0.2, 0.25) is 0 Å². The van der Waals surface area contributed by atoms with Gasteiger partial charge < -0.3 is 5.32 Å². The molecule has 0 amide bonds. The van der Waals surface area contributed by atoms with E-state index < -0.39 is 0 Å². The van der Waals surface area contributed by atoms with Crippen LogP contribution in [-0.2, 0) is 13.0 Å². The molecule has 0 bridgehead atoms. The normalized spacial score (nSPS) is 11.0. The van der Waals surface area contributed by atoms with Crippen molar-refractivity contribution in [3.05, 3.63) is 51.3 Å². The molecule has 0 radical (unpaired) electrons. The van der Waals surface area contributed by atoms with E-state index in [1.54, 1.807) is 0 Å². The van der Waals surface area contributed by atoms with Crippen molar-refractivity contribution in [3.8, 4) is 0 Å². The molecule has 0 aliphatic heterocycles. The van der Waals surface area contributed by atoms with Crippen molar-refractivity contribution in [1.29, 1.82) is 0 Å². The average Bonchev–Trinajstić information content (AvgIpc) is 2.70. The zero-order valence-corrected chi connectivity index (χ0v) is 14.7. The highest BCUT2D eigenvalue weighted by Gasteiger charge is 2.11. The molecule has 1 N–H and O–H groups in total. The molecule has 0 unspecified atom stereocenters. The molecular weight excluding hydrogens is 326 g/mol. The van der Waals surface area contributed by atoms with E-state index in [1.165, 1.54) is 23.2 Å². The summed E-state index contributed by atoms with van der Waals surface area (Å²) in [5.41, 5.74) is 5.09. The van der Waals surface area contributed by atoms with Crippen molar-refractivity contribution in [2.24, 2.45) is 0 Å². The van der Waals surface area contributed by atoms with Gasteiger partial charge in [-0.1, -0.05) is 35.0 Å². The lowest BCUT2D eigenvalue weighted by Gasteiger charge is -2.07. The summed E-state index contributed by atoms with van der Waals surface area (Å²) >= 11 is 3.52. The first-order chi connectivity index (χ1) is 10.1. The molecule has 1 aromatic heterocycles. The number of hydrogen-bond donors (Lipinski definition) is 1. The standard InChI is InChI=1S/C17H24BrN3/c1-4-9-19-10-8-17-13(2)20-21(14(17)3)12-15-6-5-7-16(18)11-15/h5-7,11,19H,4,8-10,12H2,1-3H3. The topological polar surface area (TPSA) is 29.9 Å². The quantitative estimate of drug-likeness (QED) is 0.769. The Balaban J connectivity index is 2.07. The number of benzene rings is 1. The van der Waals surface area contributed by atoms with Crippen LogP contribution in [-0.4, -0.2) is 22.9 Å². The summed E-state index contributed by atoms with van der Waals surface area (Å²) in [5, 5.41) is 8.17. The van der Waals surface area contributed by atoms with Gasteiger partial charge >= 0.3 is 0 Å². The molecule has 0 fully saturated rings. The van der Waals surface area contributed by atoms with Crippen LogP contribution in [0.5, 0.6) is 0 Å². The second-order valence-electron chi connectivity index (χ2n) is 5.44. The summed E-state index contributed by atoms with van der Waals surface area (Å²) in [6, 6.07) is 8.42. The summed E-state index contributed by atoms with van der Waals surface area (Å²) < 4.78 is 3.23. The van der Waals surface area contributed by atoms with E-state index in [0.717, 1.165) is 36.2 Å². The Morgan fingerprint density at radius 2 is 2.05 bits per heavy atom. The lowest BCUT2D eigenvalue weighted by Crippen LogP contribution is -2.18. The predicted octanol–water partition coefficient (Wildman–Crippen LogP) is 3.85. The summed E-state index contributed by atoms with van der Waals surface area (Å²) in [4.78, 5) is 0. The van der Waals surface area contributed by atoms with E-state index in [-0.39, 0.29) is 0 Å². The molecule has 0 spiro atoms. The van der Waals surface area contributed by atoms with Gasteiger partial charge in [0.05, 0.1) is 12.2 Å². The molecule has 0 saturated heterocycles. The second kappa shape index (κ2) is 7.76. The van der Waals surface area contributed by atoms with Crippen molar-refractivity contribution in [2.45, 2.75) is 40.2 Å². The molecule has 0 atom stereocenters. The molecule has 114 valence electrons. The average molecular weight is 350 g/mol. The van der Waals surface area contributed by atoms with Crippen molar-refractivity contribution in [3.63, 3.8) is 0 Å². The van der Waals surface area contributed by atoms with Crippen LogP contribution in [0.1, 0.15) is 35.9 Å². The molecule has 0 aliphatic carbocycles. The SMILES string of the molecule is CCCNCCc1c(C)nn(Cc2cccc(Br)c2)c1C. The van der Waals surface area contributed by atoms with E-state index in [9.17, 15) is 0 Å². The molecule has 0 aliphatic rings. The van der Waals surface area contributed by atoms with Crippen LogP contribution in [0.2, 0.25) is 0 Å². The van der Waals surface area contributed by atoms with Crippen LogP contribution in [0, 0.1) is 13.8 Å². The fourth-order valence-electron chi connectivity index (χ4n) is 2.57. The Labute approximate surface area is 135 Å². The summed E-state index contributed by atoms with van der Waals surface area (Å²) in [7, 11) is 0. The van der Waals surface area contributed by atoms with Crippen LogP contribution in [0.4, 0.5) is 0 Å². The predicted molar refractivity (Wildman–Crippen MR) is 91.8 cm³/mol. The van der Waals surface area contributed by atoms with E-state index in [4.69, 9.17) is 5.10 Å². The van der Waals surface area contributed by atoms with E-state index in [0.29, 0.717) is 0 Å².